The topological polar surface area (TPSA) is 55.8 Å². The van der Waals surface area contributed by atoms with Crippen molar-refractivity contribution in [3.05, 3.63) is 35.4 Å². The van der Waals surface area contributed by atoms with Crippen LogP contribution in [0, 0.1) is 5.92 Å². The minimum Gasteiger partial charge on any atom is -0.496 e. The van der Waals surface area contributed by atoms with E-state index in [1.807, 2.05) is 18.2 Å². The van der Waals surface area contributed by atoms with Crippen LogP contribution in [0.15, 0.2) is 24.3 Å². The SMILES string of the molecule is COc1ccc(C=CC(=O)O)cc1COCC1CCCC1. The highest BCUT2D eigenvalue weighted by molar-refractivity contribution is 5.85. The molecule has 1 aromatic rings. The molecule has 4 nitrogen and oxygen atoms in total. The van der Waals surface area contributed by atoms with E-state index in [9.17, 15) is 4.79 Å². The van der Waals surface area contributed by atoms with E-state index in [-0.39, 0.29) is 0 Å². The van der Waals surface area contributed by atoms with E-state index in [1.165, 1.54) is 25.7 Å². The Kier molecular flexibility index (Phi) is 5.81. The number of carboxylic acid groups (broad SMARTS) is 1. The highest BCUT2D eigenvalue weighted by Crippen LogP contribution is 2.26. The summed E-state index contributed by atoms with van der Waals surface area (Å²) in [5, 5.41) is 8.67. The van der Waals surface area contributed by atoms with Crippen molar-refractivity contribution in [2.45, 2.75) is 32.3 Å². The molecule has 0 radical (unpaired) electrons. The van der Waals surface area contributed by atoms with Gasteiger partial charge in [0.05, 0.1) is 13.7 Å². The fourth-order valence-corrected chi connectivity index (χ4v) is 2.70. The Balaban J connectivity index is 1.97. The van der Waals surface area contributed by atoms with Gasteiger partial charge in [-0.15, -0.1) is 0 Å². The molecule has 4 heteroatoms. The molecule has 0 bridgehead atoms. The maximum atomic E-state index is 10.6. The number of methoxy groups -OCH3 is 1. The highest BCUT2D eigenvalue weighted by atomic mass is 16.5. The lowest BCUT2D eigenvalue weighted by molar-refractivity contribution is -0.131. The smallest absolute Gasteiger partial charge is 0.328 e. The molecule has 0 spiro atoms. The first-order chi connectivity index (χ1) is 10.2. The van der Waals surface area contributed by atoms with Crippen molar-refractivity contribution in [1.82, 2.24) is 0 Å². The van der Waals surface area contributed by atoms with E-state index in [2.05, 4.69) is 0 Å². The second-order valence-corrected chi connectivity index (χ2v) is 5.41. The zero-order chi connectivity index (χ0) is 15.1. The van der Waals surface area contributed by atoms with Crippen molar-refractivity contribution in [3.8, 4) is 5.75 Å². The van der Waals surface area contributed by atoms with Gasteiger partial charge in [0.1, 0.15) is 5.75 Å². The van der Waals surface area contributed by atoms with E-state index in [0.717, 1.165) is 29.6 Å². The molecule has 0 unspecified atom stereocenters. The van der Waals surface area contributed by atoms with Gasteiger partial charge in [-0.25, -0.2) is 4.79 Å². The summed E-state index contributed by atoms with van der Waals surface area (Å²) in [5.41, 5.74) is 1.78. The number of hydrogen-bond acceptors (Lipinski definition) is 3. The third kappa shape index (κ3) is 4.90. The van der Waals surface area contributed by atoms with Crippen LogP contribution in [0.4, 0.5) is 0 Å². The van der Waals surface area contributed by atoms with Gasteiger partial charge in [-0.05, 0) is 42.5 Å². The number of benzene rings is 1. The summed E-state index contributed by atoms with van der Waals surface area (Å²) in [6, 6.07) is 5.58. The zero-order valence-corrected chi connectivity index (χ0v) is 12.4. The Labute approximate surface area is 125 Å². The third-order valence-corrected chi connectivity index (χ3v) is 3.81. The predicted octanol–water partition coefficient (Wildman–Crippen LogP) is 3.50. The van der Waals surface area contributed by atoms with Crippen molar-refractivity contribution in [2.24, 2.45) is 5.92 Å². The van der Waals surface area contributed by atoms with Crippen molar-refractivity contribution >= 4 is 12.0 Å². The van der Waals surface area contributed by atoms with Crippen LogP contribution in [0.5, 0.6) is 5.75 Å². The quantitative estimate of drug-likeness (QED) is 0.781. The molecule has 1 aliphatic carbocycles. The van der Waals surface area contributed by atoms with Gasteiger partial charge in [0, 0.05) is 18.2 Å². The minimum absolute atomic E-state index is 0.494. The largest absolute Gasteiger partial charge is 0.496 e. The van der Waals surface area contributed by atoms with Gasteiger partial charge in [0.2, 0.25) is 0 Å². The van der Waals surface area contributed by atoms with E-state index in [4.69, 9.17) is 14.6 Å². The Hall–Kier alpha value is -1.81. The highest BCUT2D eigenvalue weighted by Gasteiger charge is 2.15. The van der Waals surface area contributed by atoms with Crippen molar-refractivity contribution in [2.75, 3.05) is 13.7 Å². The third-order valence-electron chi connectivity index (χ3n) is 3.81. The summed E-state index contributed by atoms with van der Waals surface area (Å²) in [6.45, 7) is 1.28. The summed E-state index contributed by atoms with van der Waals surface area (Å²) < 4.78 is 11.1. The molecule has 1 saturated carbocycles. The Morgan fingerprint density at radius 2 is 2.14 bits per heavy atom. The molecule has 1 aromatic carbocycles. The first kappa shape index (κ1) is 15.6. The Bertz CT molecular complexity index is 502. The number of carbonyl (C=O) groups is 1. The number of aliphatic carboxylic acids is 1. The number of ether oxygens (including phenoxy) is 2. The lowest BCUT2D eigenvalue weighted by Gasteiger charge is -2.13. The summed E-state index contributed by atoms with van der Waals surface area (Å²) in [6.07, 6.45) is 7.85. The molecular weight excluding hydrogens is 268 g/mol. The van der Waals surface area contributed by atoms with Gasteiger partial charge in [0.15, 0.2) is 0 Å². The summed E-state index contributed by atoms with van der Waals surface area (Å²) in [5.74, 6) is 0.504. The number of carboxylic acids is 1. The molecule has 0 heterocycles. The second kappa shape index (κ2) is 7.84. The van der Waals surface area contributed by atoms with Crippen LogP contribution in [0.2, 0.25) is 0 Å². The van der Waals surface area contributed by atoms with Gasteiger partial charge < -0.3 is 14.6 Å². The molecule has 0 aromatic heterocycles. The van der Waals surface area contributed by atoms with Crippen molar-refractivity contribution in [3.63, 3.8) is 0 Å². The van der Waals surface area contributed by atoms with Gasteiger partial charge >= 0.3 is 5.97 Å². The summed E-state index contributed by atoms with van der Waals surface area (Å²) >= 11 is 0. The van der Waals surface area contributed by atoms with Crippen LogP contribution < -0.4 is 4.74 Å². The fraction of sp³-hybridized carbons (Fsp3) is 0.471. The zero-order valence-electron chi connectivity index (χ0n) is 12.4. The van der Waals surface area contributed by atoms with Crippen LogP contribution in [0.3, 0.4) is 0 Å². The Morgan fingerprint density at radius 3 is 2.81 bits per heavy atom. The molecule has 1 fully saturated rings. The van der Waals surface area contributed by atoms with Crippen LogP contribution in [0.1, 0.15) is 36.8 Å². The van der Waals surface area contributed by atoms with Crippen LogP contribution in [-0.4, -0.2) is 24.8 Å². The molecular formula is C17H22O4. The minimum atomic E-state index is -0.954. The molecule has 1 N–H and O–H groups in total. The Morgan fingerprint density at radius 1 is 1.38 bits per heavy atom. The van der Waals surface area contributed by atoms with Gasteiger partial charge in [-0.1, -0.05) is 18.9 Å². The van der Waals surface area contributed by atoms with Gasteiger partial charge in [-0.3, -0.25) is 0 Å². The normalized spacial score (nSPS) is 15.7. The van der Waals surface area contributed by atoms with Gasteiger partial charge in [0.25, 0.3) is 0 Å². The lowest BCUT2D eigenvalue weighted by atomic mass is 10.1. The first-order valence-electron chi connectivity index (χ1n) is 7.34. The van der Waals surface area contributed by atoms with E-state index < -0.39 is 5.97 Å². The number of rotatable bonds is 7. The maximum absolute atomic E-state index is 10.6. The standard InChI is InChI=1S/C17H22O4/c1-20-16-8-6-13(7-9-17(18)19)10-15(16)12-21-11-14-4-2-3-5-14/h6-10,14H,2-5,11-12H2,1H3,(H,18,19). The van der Waals surface area contributed by atoms with Crippen LogP contribution in [-0.2, 0) is 16.1 Å². The molecule has 114 valence electrons. The van der Waals surface area contributed by atoms with E-state index in [1.54, 1.807) is 13.2 Å². The van der Waals surface area contributed by atoms with Crippen LogP contribution in [0.25, 0.3) is 6.08 Å². The van der Waals surface area contributed by atoms with Crippen molar-refractivity contribution in [1.29, 1.82) is 0 Å². The monoisotopic (exact) mass is 290 g/mol. The summed E-state index contributed by atoms with van der Waals surface area (Å²) in [4.78, 5) is 10.6. The second-order valence-electron chi connectivity index (χ2n) is 5.41. The molecule has 1 aliphatic rings. The first-order valence-corrected chi connectivity index (χ1v) is 7.34. The molecule has 0 amide bonds. The fourth-order valence-electron chi connectivity index (χ4n) is 2.70. The molecule has 2 rings (SSSR count). The molecule has 0 aliphatic heterocycles. The average molecular weight is 290 g/mol. The lowest BCUT2D eigenvalue weighted by Crippen LogP contribution is -2.06. The predicted molar refractivity (Wildman–Crippen MR) is 81.3 cm³/mol. The summed E-state index contributed by atoms with van der Waals surface area (Å²) in [7, 11) is 1.63. The van der Waals surface area contributed by atoms with E-state index in [0.29, 0.717) is 12.5 Å². The maximum Gasteiger partial charge on any atom is 0.328 e. The molecule has 0 atom stereocenters. The average Bonchev–Trinajstić information content (AvgIpc) is 2.98. The van der Waals surface area contributed by atoms with Crippen molar-refractivity contribution < 1.29 is 19.4 Å². The molecule has 21 heavy (non-hydrogen) atoms. The van der Waals surface area contributed by atoms with Gasteiger partial charge in [-0.2, -0.15) is 0 Å². The van der Waals surface area contributed by atoms with E-state index >= 15 is 0 Å². The van der Waals surface area contributed by atoms with Crippen LogP contribution >= 0.6 is 0 Å². The number of hydrogen-bond donors (Lipinski definition) is 1. The molecule has 0 saturated heterocycles.